The van der Waals surface area contributed by atoms with Gasteiger partial charge >= 0.3 is 11.9 Å². The predicted octanol–water partition coefficient (Wildman–Crippen LogP) is 3.84. The van der Waals surface area contributed by atoms with Crippen LogP contribution in [-0.4, -0.2) is 41.6 Å². The molecular formula is C25H34O6. The van der Waals surface area contributed by atoms with E-state index in [2.05, 4.69) is 26.8 Å². The van der Waals surface area contributed by atoms with Crippen molar-refractivity contribution < 1.29 is 28.9 Å². The van der Waals surface area contributed by atoms with Crippen molar-refractivity contribution in [2.75, 3.05) is 6.61 Å². The molecule has 2 heterocycles. The highest BCUT2D eigenvalue weighted by atomic mass is 16.7. The van der Waals surface area contributed by atoms with Gasteiger partial charge in [-0.3, -0.25) is 0 Å². The Balaban J connectivity index is 1.66. The van der Waals surface area contributed by atoms with E-state index in [-0.39, 0.29) is 29.2 Å². The maximum Gasteiger partial charge on any atom is 0.333 e. The zero-order valence-corrected chi connectivity index (χ0v) is 19.4. The number of hydrogen-bond acceptors (Lipinski definition) is 6. The fourth-order valence-electron chi connectivity index (χ4n) is 6.55. The van der Waals surface area contributed by atoms with Crippen LogP contribution < -0.4 is 0 Å². The van der Waals surface area contributed by atoms with Gasteiger partial charge in [0.25, 0.3) is 0 Å². The number of ether oxygens (including phenoxy) is 3. The van der Waals surface area contributed by atoms with E-state index in [0.29, 0.717) is 25.0 Å². The minimum atomic E-state index is -1.01. The topological polar surface area (TPSA) is 82.1 Å². The van der Waals surface area contributed by atoms with E-state index in [0.717, 1.165) is 12.0 Å². The molecule has 1 N–H and O–H groups in total. The van der Waals surface area contributed by atoms with Crippen molar-refractivity contribution in [1.82, 2.24) is 0 Å². The lowest BCUT2D eigenvalue weighted by atomic mass is 9.46. The van der Waals surface area contributed by atoms with Crippen LogP contribution in [0.3, 0.4) is 0 Å². The average Bonchev–Trinajstić information content (AvgIpc) is 2.97. The molecule has 31 heavy (non-hydrogen) atoms. The molecule has 6 nitrogen and oxygen atoms in total. The first-order chi connectivity index (χ1) is 14.4. The summed E-state index contributed by atoms with van der Waals surface area (Å²) in [6, 6.07) is 0. The molecule has 1 saturated carbocycles. The first-order valence-corrected chi connectivity index (χ1v) is 11.2. The molecule has 6 atom stereocenters. The van der Waals surface area contributed by atoms with Gasteiger partial charge in [-0.25, -0.2) is 9.59 Å². The molecule has 1 spiro atoms. The molecule has 0 unspecified atom stereocenters. The van der Waals surface area contributed by atoms with Crippen molar-refractivity contribution in [3.63, 3.8) is 0 Å². The van der Waals surface area contributed by atoms with E-state index in [1.54, 1.807) is 19.9 Å². The van der Waals surface area contributed by atoms with Crippen LogP contribution >= 0.6 is 0 Å². The smallest absolute Gasteiger partial charge is 0.333 e. The number of rotatable bonds is 2. The zero-order chi connectivity index (χ0) is 22.8. The third-order valence-corrected chi connectivity index (χ3v) is 8.42. The Morgan fingerprint density at radius 3 is 2.61 bits per heavy atom. The lowest BCUT2D eigenvalue weighted by molar-refractivity contribution is -0.238. The van der Waals surface area contributed by atoms with Crippen LogP contribution in [0, 0.1) is 22.7 Å². The molecule has 0 aromatic heterocycles. The monoisotopic (exact) mass is 430 g/mol. The highest BCUT2D eigenvalue weighted by Gasteiger charge is 2.63. The summed E-state index contributed by atoms with van der Waals surface area (Å²) >= 11 is 0. The summed E-state index contributed by atoms with van der Waals surface area (Å²) in [5.41, 5.74) is 1.88. The van der Waals surface area contributed by atoms with Gasteiger partial charge in [-0.1, -0.05) is 32.9 Å². The van der Waals surface area contributed by atoms with Crippen LogP contribution in [0.2, 0.25) is 0 Å². The molecule has 170 valence electrons. The number of fused-ring (bicyclic) bond motifs is 3. The molecule has 6 heteroatoms. The number of hydrogen-bond donors (Lipinski definition) is 1. The van der Waals surface area contributed by atoms with Gasteiger partial charge in [-0.05, 0) is 56.4 Å². The Morgan fingerprint density at radius 2 is 2.00 bits per heavy atom. The average molecular weight is 431 g/mol. The van der Waals surface area contributed by atoms with Gasteiger partial charge in [0.05, 0.1) is 12.7 Å². The van der Waals surface area contributed by atoms with Gasteiger partial charge in [-0.15, -0.1) is 0 Å². The Morgan fingerprint density at radius 1 is 1.29 bits per heavy atom. The Kier molecular flexibility index (Phi) is 5.25. The van der Waals surface area contributed by atoms with Crippen LogP contribution in [0.15, 0.2) is 34.9 Å². The van der Waals surface area contributed by atoms with Crippen molar-refractivity contribution in [2.24, 2.45) is 22.7 Å². The van der Waals surface area contributed by atoms with E-state index in [4.69, 9.17) is 14.2 Å². The van der Waals surface area contributed by atoms with Crippen LogP contribution in [0.4, 0.5) is 0 Å². The predicted molar refractivity (Wildman–Crippen MR) is 115 cm³/mol. The molecule has 0 amide bonds. The summed E-state index contributed by atoms with van der Waals surface area (Å²) in [5.74, 6) is -1.45. The number of allylic oxidation sites excluding steroid dienone is 2. The second-order valence-corrected chi connectivity index (χ2v) is 10.5. The summed E-state index contributed by atoms with van der Waals surface area (Å²) < 4.78 is 17.6. The molecule has 0 radical (unpaired) electrons. The van der Waals surface area contributed by atoms with E-state index >= 15 is 0 Å². The Hall–Kier alpha value is -1.92. The van der Waals surface area contributed by atoms with Crippen LogP contribution in [0.25, 0.3) is 0 Å². The SMILES string of the molecule is C/C=C(/C)C(=O)O[C@@H]1[C@H](O)C[C@]2(C)[C@H]3C[C@]4(OCC3=CC[C@H]2C1(C)C)OC(=O)C=C4C. The van der Waals surface area contributed by atoms with Crippen LogP contribution in [0.1, 0.15) is 60.8 Å². The molecule has 2 aliphatic heterocycles. The van der Waals surface area contributed by atoms with Crippen molar-refractivity contribution in [3.05, 3.63) is 34.9 Å². The standard InChI is InChI=1S/C25H34O6/c1-7-14(2)22(28)30-21-18(26)12-24(6)17-11-25(15(3)10-20(27)31-25)29-13-16(17)8-9-19(24)23(21,4)5/h7-8,10,17-19,21,26H,9,11-13H2,1-6H3/b14-7-/t17-,18+,19-,21+,24+,25-/m0/s1. The summed E-state index contributed by atoms with van der Waals surface area (Å²) in [6.07, 6.45) is 6.03. The number of carbonyl (C=O) groups is 2. The lowest BCUT2D eigenvalue weighted by Gasteiger charge is -2.61. The highest BCUT2D eigenvalue weighted by molar-refractivity contribution is 5.88. The van der Waals surface area contributed by atoms with Crippen molar-refractivity contribution >= 4 is 11.9 Å². The number of aliphatic hydroxyl groups is 1. The van der Waals surface area contributed by atoms with Crippen LogP contribution in [0.5, 0.6) is 0 Å². The summed E-state index contributed by atoms with van der Waals surface area (Å²) in [7, 11) is 0. The summed E-state index contributed by atoms with van der Waals surface area (Å²) in [6.45, 7) is 12.2. The number of aliphatic hydroxyl groups excluding tert-OH is 1. The molecule has 4 aliphatic rings. The minimum absolute atomic E-state index is 0.108. The van der Waals surface area contributed by atoms with Gasteiger partial charge in [0.15, 0.2) is 0 Å². The van der Waals surface area contributed by atoms with E-state index in [1.807, 2.05) is 6.92 Å². The third kappa shape index (κ3) is 3.30. The fraction of sp³-hybridized carbons (Fsp3) is 0.680. The van der Waals surface area contributed by atoms with Gasteiger partial charge < -0.3 is 19.3 Å². The van der Waals surface area contributed by atoms with Crippen LogP contribution in [-0.2, 0) is 23.8 Å². The summed E-state index contributed by atoms with van der Waals surface area (Å²) in [4.78, 5) is 24.4. The quantitative estimate of drug-likeness (QED) is 0.407. The highest BCUT2D eigenvalue weighted by Crippen LogP contribution is 2.63. The third-order valence-electron chi connectivity index (χ3n) is 8.42. The lowest BCUT2D eigenvalue weighted by Crippen LogP contribution is -2.62. The fourth-order valence-corrected chi connectivity index (χ4v) is 6.55. The largest absolute Gasteiger partial charge is 0.456 e. The molecule has 4 rings (SSSR count). The number of esters is 2. The second kappa shape index (κ2) is 7.31. The molecule has 2 aliphatic carbocycles. The summed E-state index contributed by atoms with van der Waals surface area (Å²) in [5, 5.41) is 11.2. The van der Waals surface area contributed by atoms with Gasteiger partial charge in [-0.2, -0.15) is 0 Å². The molecule has 1 saturated heterocycles. The Labute approximate surface area is 184 Å². The zero-order valence-electron chi connectivity index (χ0n) is 19.4. The van der Waals surface area contributed by atoms with Crippen molar-refractivity contribution in [3.8, 4) is 0 Å². The van der Waals surface area contributed by atoms with E-state index in [1.165, 1.54) is 11.6 Å². The minimum Gasteiger partial charge on any atom is -0.456 e. The molecule has 2 fully saturated rings. The molecule has 0 bridgehead atoms. The van der Waals surface area contributed by atoms with Gasteiger partial charge in [0.2, 0.25) is 5.79 Å². The van der Waals surface area contributed by atoms with Crippen molar-refractivity contribution in [1.29, 1.82) is 0 Å². The molecular weight excluding hydrogens is 396 g/mol. The van der Waals surface area contributed by atoms with E-state index in [9.17, 15) is 14.7 Å². The Bertz CT molecular complexity index is 896. The molecule has 0 aromatic carbocycles. The first kappa shape index (κ1) is 22.3. The normalized spacial score (nSPS) is 41.6. The van der Waals surface area contributed by atoms with Crippen molar-refractivity contribution in [2.45, 2.75) is 78.8 Å². The van der Waals surface area contributed by atoms with Gasteiger partial charge in [0.1, 0.15) is 6.10 Å². The van der Waals surface area contributed by atoms with Gasteiger partial charge in [0, 0.05) is 29.1 Å². The second-order valence-electron chi connectivity index (χ2n) is 10.5. The molecule has 0 aromatic rings. The maximum absolute atomic E-state index is 12.5. The first-order valence-electron chi connectivity index (χ1n) is 11.2. The maximum atomic E-state index is 12.5. The van der Waals surface area contributed by atoms with E-state index < -0.39 is 23.4 Å². The number of carbonyl (C=O) groups excluding carboxylic acids is 2.